The summed E-state index contributed by atoms with van der Waals surface area (Å²) in [6.07, 6.45) is 0. The van der Waals surface area contributed by atoms with E-state index in [4.69, 9.17) is 0 Å². The number of benzene rings is 1. The van der Waals surface area contributed by atoms with Gasteiger partial charge in [0.2, 0.25) is 0 Å². The third-order valence-corrected chi connectivity index (χ3v) is 5.74. The highest BCUT2D eigenvalue weighted by Gasteiger charge is 2.38. The molecule has 1 aromatic carbocycles. The van der Waals surface area contributed by atoms with Crippen molar-refractivity contribution in [3.63, 3.8) is 0 Å². The predicted octanol–water partition coefficient (Wildman–Crippen LogP) is 3.27. The van der Waals surface area contributed by atoms with E-state index < -0.39 is 0 Å². The van der Waals surface area contributed by atoms with Crippen LogP contribution < -0.4 is 5.32 Å². The van der Waals surface area contributed by atoms with Crippen LogP contribution in [0.2, 0.25) is 0 Å². The van der Waals surface area contributed by atoms with Gasteiger partial charge < -0.3 is 10.2 Å². The lowest BCUT2D eigenvalue weighted by Crippen LogP contribution is -2.31. The Hall–Kier alpha value is -1.43. The van der Waals surface area contributed by atoms with Gasteiger partial charge >= 0.3 is 0 Å². The normalized spacial score (nSPS) is 22.7. The second-order valence-corrected chi connectivity index (χ2v) is 7.14. The standard InChI is InChI=1S/C17H17FN2OS.ClH/c18-14-3-1-11(2-4-14)15-5-6-16(22-15)17(21)20-9-12-7-19-8-13(12)10-20;/h1-6,12-13,19H,7-10H2;1H/t12-,13+;. The average Bonchev–Trinajstić information content (AvgIpc) is 3.22. The first-order valence-corrected chi connectivity index (χ1v) is 8.38. The first-order valence-electron chi connectivity index (χ1n) is 7.56. The Labute approximate surface area is 144 Å². The highest BCUT2D eigenvalue weighted by Crippen LogP contribution is 2.32. The van der Waals surface area contributed by atoms with Crippen LogP contribution in [0.3, 0.4) is 0 Å². The summed E-state index contributed by atoms with van der Waals surface area (Å²) in [5.41, 5.74) is 0.952. The van der Waals surface area contributed by atoms with Gasteiger partial charge in [-0.3, -0.25) is 4.79 Å². The van der Waals surface area contributed by atoms with E-state index in [1.807, 2.05) is 17.0 Å². The smallest absolute Gasteiger partial charge is 0.263 e. The molecular weight excluding hydrogens is 335 g/mol. The zero-order valence-corrected chi connectivity index (χ0v) is 14.1. The number of nitrogens with one attached hydrogen (secondary N) is 1. The van der Waals surface area contributed by atoms with Crippen molar-refractivity contribution in [1.82, 2.24) is 10.2 Å². The van der Waals surface area contributed by atoms with Crippen LogP contribution >= 0.6 is 23.7 Å². The molecule has 1 amide bonds. The molecule has 0 spiro atoms. The lowest BCUT2D eigenvalue weighted by molar-refractivity contribution is 0.0786. The molecule has 2 fully saturated rings. The Morgan fingerprint density at radius 3 is 2.39 bits per heavy atom. The summed E-state index contributed by atoms with van der Waals surface area (Å²) in [6, 6.07) is 10.2. The molecule has 0 radical (unpaired) electrons. The van der Waals surface area contributed by atoms with Crippen molar-refractivity contribution in [3.05, 3.63) is 47.1 Å². The molecule has 1 aromatic heterocycles. The molecule has 3 nitrogen and oxygen atoms in total. The monoisotopic (exact) mass is 352 g/mol. The predicted molar refractivity (Wildman–Crippen MR) is 92.7 cm³/mol. The van der Waals surface area contributed by atoms with Gasteiger partial charge in [0, 0.05) is 31.1 Å². The highest BCUT2D eigenvalue weighted by atomic mass is 35.5. The SMILES string of the molecule is Cl.O=C(c1ccc(-c2ccc(F)cc2)s1)N1C[C@H]2CNC[C@H]2C1. The summed E-state index contributed by atoms with van der Waals surface area (Å²) in [6.45, 7) is 3.78. The van der Waals surface area contributed by atoms with Crippen LogP contribution in [0.5, 0.6) is 0 Å². The summed E-state index contributed by atoms with van der Waals surface area (Å²) in [7, 11) is 0. The molecule has 122 valence electrons. The van der Waals surface area contributed by atoms with E-state index in [9.17, 15) is 9.18 Å². The maximum Gasteiger partial charge on any atom is 0.263 e. The van der Waals surface area contributed by atoms with E-state index >= 15 is 0 Å². The van der Waals surface area contributed by atoms with E-state index in [0.29, 0.717) is 11.8 Å². The van der Waals surface area contributed by atoms with Crippen LogP contribution in [-0.2, 0) is 0 Å². The fourth-order valence-corrected chi connectivity index (χ4v) is 4.38. The molecule has 3 heterocycles. The Morgan fingerprint density at radius 2 is 1.74 bits per heavy atom. The fourth-order valence-electron chi connectivity index (χ4n) is 3.40. The minimum absolute atomic E-state index is 0. The van der Waals surface area contributed by atoms with Gasteiger partial charge in [-0.05, 0) is 41.7 Å². The molecule has 2 atom stereocenters. The lowest BCUT2D eigenvalue weighted by atomic mass is 10.0. The molecule has 6 heteroatoms. The summed E-state index contributed by atoms with van der Waals surface area (Å²) in [4.78, 5) is 16.4. The van der Waals surface area contributed by atoms with Gasteiger partial charge in [-0.2, -0.15) is 0 Å². The van der Waals surface area contributed by atoms with Gasteiger partial charge in [0.1, 0.15) is 5.82 Å². The highest BCUT2D eigenvalue weighted by molar-refractivity contribution is 7.17. The van der Waals surface area contributed by atoms with Crippen molar-refractivity contribution in [3.8, 4) is 10.4 Å². The largest absolute Gasteiger partial charge is 0.337 e. The van der Waals surface area contributed by atoms with Crippen molar-refractivity contribution in [2.24, 2.45) is 11.8 Å². The Kier molecular flexibility index (Phi) is 4.71. The Bertz CT molecular complexity index is 691. The van der Waals surface area contributed by atoms with Crippen LogP contribution in [0.4, 0.5) is 4.39 Å². The Morgan fingerprint density at radius 1 is 1.09 bits per heavy atom. The summed E-state index contributed by atoms with van der Waals surface area (Å²) >= 11 is 1.49. The number of amides is 1. The van der Waals surface area contributed by atoms with Crippen LogP contribution in [0.25, 0.3) is 10.4 Å². The van der Waals surface area contributed by atoms with Crippen molar-refractivity contribution >= 4 is 29.7 Å². The van der Waals surface area contributed by atoms with Crippen LogP contribution in [0.15, 0.2) is 36.4 Å². The van der Waals surface area contributed by atoms with Gasteiger partial charge in [-0.15, -0.1) is 23.7 Å². The number of carbonyl (C=O) groups is 1. The lowest BCUT2D eigenvalue weighted by Gasteiger charge is -2.16. The number of nitrogens with zero attached hydrogens (tertiary/aromatic N) is 1. The molecule has 2 aliphatic heterocycles. The fraction of sp³-hybridized carbons (Fsp3) is 0.353. The zero-order valence-electron chi connectivity index (χ0n) is 12.5. The second-order valence-electron chi connectivity index (χ2n) is 6.06. The van der Waals surface area contributed by atoms with Crippen molar-refractivity contribution in [1.29, 1.82) is 0 Å². The number of rotatable bonds is 2. The molecule has 0 saturated carbocycles. The third-order valence-electron chi connectivity index (χ3n) is 4.62. The molecular formula is C17H18ClFN2OS. The van der Waals surface area contributed by atoms with Crippen molar-refractivity contribution in [2.75, 3.05) is 26.2 Å². The van der Waals surface area contributed by atoms with Gasteiger partial charge in [-0.1, -0.05) is 12.1 Å². The summed E-state index contributed by atoms with van der Waals surface area (Å²) in [5, 5.41) is 3.39. The minimum atomic E-state index is -0.242. The number of fused-ring (bicyclic) bond motifs is 1. The number of hydrogen-bond acceptors (Lipinski definition) is 3. The molecule has 2 saturated heterocycles. The van der Waals surface area contributed by atoms with E-state index in [1.165, 1.54) is 23.5 Å². The third kappa shape index (κ3) is 3.13. The maximum atomic E-state index is 13.0. The maximum absolute atomic E-state index is 13.0. The molecule has 1 N–H and O–H groups in total. The van der Waals surface area contributed by atoms with E-state index in [2.05, 4.69) is 5.32 Å². The number of carbonyl (C=O) groups excluding carboxylic acids is 1. The average molecular weight is 353 g/mol. The van der Waals surface area contributed by atoms with Crippen LogP contribution in [0, 0.1) is 17.7 Å². The van der Waals surface area contributed by atoms with E-state index in [-0.39, 0.29) is 24.1 Å². The number of halogens is 2. The van der Waals surface area contributed by atoms with Crippen molar-refractivity contribution in [2.45, 2.75) is 0 Å². The molecule has 0 bridgehead atoms. The number of hydrogen-bond donors (Lipinski definition) is 1. The molecule has 4 rings (SSSR count). The quantitative estimate of drug-likeness (QED) is 0.899. The molecule has 23 heavy (non-hydrogen) atoms. The van der Waals surface area contributed by atoms with Crippen LogP contribution in [-0.4, -0.2) is 37.0 Å². The summed E-state index contributed by atoms with van der Waals surface area (Å²) in [5.74, 6) is 1.11. The molecule has 2 aromatic rings. The first-order chi connectivity index (χ1) is 10.7. The molecule has 0 aliphatic carbocycles. The first kappa shape index (κ1) is 16.4. The van der Waals surface area contributed by atoms with Crippen LogP contribution in [0.1, 0.15) is 9.67 Å². The van der Waals surface area contributed by atoms with Gasteiger partial charge in [0.15, 0.2) is 0 Å². The second kappa shape index (κ2) is 6.59. The van der Waals surface area contributed by atoms with Gasteiger partial charge in [0.05, 0.1) is 4.88 Å². The Balaban J connectivity index is 0.00000156. The van der Waals surface area contributed by atoms with E-state index in [1.54, 1.807) is 12.1 Å². The van der Waals surface area contributed by atoms with Gasteiger partial charge in [0.25, 0.3) is 5.91 Å². The molecule has 2 aliphatic rings. The van der Waals surface area contributed by atoms with Crippen molar-refractivity contribution < 1.29 is 9.18 Å². The topological polar surface area (TPSA) is 32.3 Å². The number of likely N-dealkylation sites (tertiary alicyclic amines) is 1. The summed E-state index contributed by atoms with van der Waals surface area (Å²) < 4.78 is 13.0. The zero-order chi connectivity index (χ0) is 15.1. The van der Waals surface area contributed by atoms with Gasteiger partial charge in [-0.25, -0.2) is 4.39 Å². The van der Waals surface area contributed by atoms with E-state index in [0.717, 1.165) is 41.5 Å². The minimum Gasteiger partial charge on any atom is -0.337 e. The number of thiophene rings is 1. The molecule has 0 unspecified atom stereocenters.